The van der Waals surface area contributed by atoms with Crippen LogP contribution < -0.4 is 0 Å². The average molecular weight is 242 g/mol. The molecule has 0 spiro atoms. The lowest BCUT2D eigenvalue weighted by molar-refractivity contribution is 1.04. The summed E-state index contributed by atoms with van der Waals surface area (Å²) in [6.07, 6.45) is 9.04. The third-order valence-corrected chi connectivity index (χ3v) is 3.93. The SMILES string of the molecule is C1=CC(c2ccccc2)C2=Cc3ccccc3C2=C1. The average Bonchev–Trinajstić information content (AvgIpc) is 2.87. The fraction of sp³-hybridized carbons (Fsp3) is 0.0526. The molecule has 0 radical (unpaired) electrons. The van der Waals surface area contributed by atoms with Gasteiger partial charge in [0.15, 0.2) is 0 Å². The second kappa shape index (κ2) is 4.10. The fourth-order valence-corrected chi connectivity index (χ4v) is 3.03. The quantitative estimate of drug-likeness (QED) is 0.672. The summed E-state index contributed by atoms with van der Waals surface area (Å²) in [4.78, 5) is 0. The molecule has 1 atom stereocenters. The van der Waals surface area contributed by atoms with Crippen molar-refractivity contribution in [3.05, 3.63) is 95.1 Å². The maximum absolute atomic E-state index is 2.34. The standard InChI is InChI=1S/C19H14/c1-2-7-14(8-3-1)16-11-6-12-18-17-10-5-4-9-15(17)13-19(16)18/h1-13,16H. The number of hydrogen-bond donors (Lipinski definition) is 0. The van der Waals surface area contributed by atoms with E-state index in [0.717, 1.165) is 0 Å². The molecule has 4 rings (SSSR count). The van der Waals surface area contributed by atoms with E-state index < -0.39 is 0 Å². The second-order valence-electron chi connectivity index (χ2n) is 5.04. The molecular weight excluding hydrogens is 228 g/mol. The Labute approximate surface area is 113 Å². The molecule has 0 heterocycles. The van der Waals surface area contributed by atoms with Gasteiger partial charge in [-0.2, -0.15) is 0 Å². The highest BCUT2D eigenvalue weighted by molar-refractivity contribution is 5.97. The van der Waals surface area contributed by atoms with Gasteiger partial charge in [0, 0.05) is 5.92 Å². The maximum Gasteiger partial charge on any atom is 0.0278 e. The lowest BCUT2D eigenvalue weighted by Gasteiger charge is -2.20. The van der Waals surface area contributed by atoms with Gasteiger partial charge >= 0.3 is 0 Å². The van der Waals surface area contributed by atoms with Gasteiger partial charge in [0.05, 0.1) is 0 Å². The van der Waals surface area contributed by atoms with Crippen LogP contribution in [0.2, 0.25) is 0 Å². The Hall–Kier alpha value is -2.34. The molecule has 0 fully saturated rings. The van der Waals surface area contributed by atoms with E-state index >= 15 is 0 Å². The molecule has 90 valence electrons. The van der Waals surface area contributed by atoms with Crippen molar-refractivity contribution in [2.75, 3.05) is 0 Å². The summed E-state index contributed by atoms with van der Waals surface area (Å²) in [6, 6.07) is 19.4. The normalized spacial score (nSPS) is 19.5. The lowest BCUT2D eigenvalue weighted by atomic mass is 9.84. The molecular formula is C19H14. The third-order valence-electron chi connectivity index (χ3n) is 3.93. The number of benzene rings is 2. The van der Waals surface area contributed by atoms with Crippen LogP contribution in [-0.2, 0) is 0 Å². The highest BCUT2D eigenvalue weighted by Gasteiger charge is 2.26. The van der Waals surface area contributed by atoms with Crippen LogP contribution >= 0.6 is 0 Å². The van der Waals surface area contributed by atoms with Gasteiger partial charge in [0.2, 0.25) is 0 Å². The van der Waals surface area contributed by atoms with Gasteiger partial charge in [-0.25, -0.2) is 0 Å². The Kier molecular flexibility index (Phi) is 2.28. The van der Waals surface area contributed by atoms with E-state index in [0.29, 0.717) is 5.92 Å². The number of allylic oxidation sites excluding steroid dienone is 5. The first-order valence-electron chi connectivity index (χ1n) is 6.68. The molecule has 2 aromatic carbocycles. The predicted octanol–water partition coefficient (Wildman–Crippen LogP) is 4.82. The topological polar surface area (TPSA) is 0 Å². The van der Waals surface area contributed by atoms with Crippen LogP contribution in [0.15, 0.2) is 78.4 Å². The number of fused-ring (bicyclic) bond motifs is 3. The second-order valence-corrected chi connectivity index (χ2v) is 5.04. The van der Waals surface area contributed by atoms with E-state index in [2.05, 4.69) is 78.9 Å². The van der Waals surface area contributed by atoms with Crippen molar-refractivity contribution in [1.29, 1.82) is 0 Å². The minimum Gasteiger partial charge on any atom is -0.0726 e. The summed E-state index contributed by atoms with van der Waals surface area (Å²) in [7, 11) is 0. The van der Waals surface area contributed by atoms with E-state index in [9.17, 15) is 0 Å². The molecule has 0 aromatic heterocycles. The minimum atomic E-state index is 0.383. The summed E-state index contributed by atoms with van der Waals surface area (Å²) in [5.41, 5.74) is 6.88. The molecule has 0 heteroatoms. The lowest BCUT2D eigenvalue weighted by Crippen LogP contribution is -2.02. The molecule has 0 aliphatic heterocycles. The fourth-order valence-electron chi connectivity index (χ4n) is 3.03. The number of hydrogen-bond acceptors (Lipinski definition) is 0. The van der Waals surface area contributed by atoms with Crippen molar-refractivity contribution in [2.45, 2.75) is 5.92 Å². The summed E-state index contributed by atoms with van der Waals surface area (Å²) >= 11 is 0. The van der Waals surface area contributed by atoms with Gasteiger partial charge < -0.3 is 0 Å². The maximum atomic E-state index is 2.34. The van der Waals surface area contributed by atoms with Gasteiger partial charge in [-0.15, -0.1) is 0 Å². The minimum absolute atomic E-state index is 0.383. The molecule has 1 unspecified atom stereocenters. The van der Waals surface area contributed by atoms with Gasteiger partial charge in [-0.3, -0.25) is 0 Å². The monoisotopic (exact) mass is 242 g/mol. The van der Waals surface area contributed by atoms with Gasteiger partial charge in [0.1, 0.15) is 0 Å². The van der Waals surface area contributed by atoms with E-state index in [-0.39, 0.29) is 0 Å². The van der Waals surface area contributed by atoms with E-state index in [1.54, 1.807) is 0 Å². The highest BCUT2D eigenvalue weighted by Crippen LogP contribution is 2.45. The van der Waals surface area contributed by atoms with E-state index in [4.69, 9.17) is 0 Å². The molecule has 2 aliphatic rings. The molecule has 19 heavy (non-hydrogen) atoms. The Morgan fingerprint density at radius 1 is 0.789 bits per heavy atom. The summed E-state index contributed by atoms with van der Waals surface area (Å²) in [6.45, 7) is 0. The Morgan fingerprint density at radius 3 is 2.47 bits per heavy atom. The first-order valence-corrected chi connectivity index (χ1v) is 6.68. The first kappa shape index (κ1) is 10.6. The van der Waals surface area contributed by atoms with Crippen molar-refractivity contribution in [3.8, 4) is 0 Å². The van der Waals surface area contributed by atoms with Crippen molar-refractivity contribution in [1.82, 2.24) is 0 Å². The summed E-state index contributed by atoms with van der Waals surface area (Å²) < 4.78 is 0. The molecule has 0 saturated carbocycles. The third kappa shape index (κ3) is 1.61. The summed E-state index contributed by atoms with van der Waals surface area (Å²) in [5.74, 6) is 0.383. The van der Waals surface area contributed by atoms with Crippen LogP contribution in [0, 0.1) is 0 Å². The Morgan fingerprint density at radius 2 is 1.58 bits per heavy atom. The molecule has 0 N–H and O–H groups in total. The van der Waals surface area contributed by atoms with Crippen molar-refractivity contribution >= 4 is 11.6 Å². The molecule has 2 aromatic rings. The van der Waals surface area contributed by atoms with Crippen molar-refractivity contribution < 1.29 is 0 Å². The zero-order chi connectivity index (χ0) is 12.7. The zero-order valence-electron chi connectivity index (χ0n) is 10.6. The van der Waals surface area contributed by atoms with Gasteiger partial charge in [-0.1, -0.05) is 72.8 Å². The van der Waals surface area contributed by atoms with Crippen LogP contribution in [0.3, 0.4) is 0 Å². The van der Waals surface area contributed by atoms with Crippen LogP contribution in [0.1, 0.15) is 22.6 Å². The van der Waals surface area contributed by atoms with Crippen molar-refractivity contribution in [2.24, 2.45) is 0 Å². The molecule has 0 nitrogen and oxygen atoms in total. The van der Waals surface area contributed by atoms with Gasteiger partial charge in [-0.05, 0) is 33.9 Å². The number of rotatable bonds is 1. The van der Waals surface area contributed by atoms with E-state index in [1.165, 1.54) is 27.8 Å². The van der Waals surface area contributed by atoms with Gasteiger partial charge in [0.25, 0.3) is 0 Å². The molecule has 0 amide bonds. The van der Waals surface area contributed by atoms with Crippen LogP contribution in [0.4, 0.5) is 0 Å². The Bertz CT molecular complexity index is 715. The smallest absolute Gasteiger partial charge is 0.0278 e. The largest absolute Gasteiger partial charge is 0.0726 e. The molecule has 2 aliphatic carbocycles. The summed E-state index contributed by atoms with van der Waals surface area (Å²) in [5, 5.41) is 0. The molecule has 0 saturated heterocycles. The predicted molar refractivity (Wildman–Crippen MR) is 80.7 cm³/mol. The van der Waals surface area contributed by atoms with Crippen LogP contribution in [0.25, 0.3) is 11.6 Å². The van der Waals surface area contributed by atoms with Crippen LogP contribution in [0.5, 0.6) is 0 Å². The Balaban J connectivity index is 1.85. The van der Waals surface area contributed by atoms with E-state index in [1.807, 2.05) is 0 Å². The van der Waals surface area contributed by atoms with Crippen LogP contribution in [-0.4, -0.2) is 0 Å². The zero-order valence-corrected chi connectivity index (χ0v) is 10.6. The first-order chi connectivity index (χ1) is 9.43. The highest BCUT2D eigenvalue weighted by atomic mass is 14.3. The molecule has 0 bridgehead atoms. The van der Waals surface area contributed by atoms with Crippen molar-refractivity contribution in [3.63, 3.8) is 0 Å².